The van der Waals surface area contributed by atoms with Gasteiger partial charge in [0.25, 0.3) is 0 Å². The van der Waals surface area contributed by atoms with Crippen LogP contribution in [0.25, 0.3) is 55.4 Å². The van der Waals surface area contributed by atoms with Crippen LogP contribution in [0.4, 0.5) is 30.7 Å². The number of aromatic nitrogens is 1. The molecule has 9 nitrogen and oxygen atoms in total. The van der Waals surface area contributed by atoms with Crippen molar-refractivity contribution in [1.82, 2.24) is 4.57 Å². The molecule has 60 heavy (non-hydrogen) atoms. The maximum atomic E-state index is 13.9. The van der Waals surface area contributed by atoms with Gasteiger partial charge < -0.3 is 36.7 Å². The number of nitrogens with zero attached hydrogens (tertiary/aromatic N) is 3. The van der Waals surface area contributed by atoms with Crippen LogP contribution in [-0.2, 0) is 19.4 Å². The molecule has 0 atom stereocenters. The zero-order valence-corrected chi connectivity index (χ0v) is 31.6. The molecule has 308 valence electrons. The number of phenols is 2. The zero-order chi connectivity index (χ0) is 43.7. The number of fused-ring (bicyclic) bond motifs is 1. The first-order valence-electron chi connectivity index (χ1n) is 17.4. The van der Waals surface area contributed by atoms with Gasteiger partial charge in [0.1, 0.15) is 17.3 Å². The summed E-state index contributed by atoms with van der Waals surface area (Å²) in [4.78, 5) is 0. The van der Waals surface area contributed by atoms with Gasteiger partial charge in [0.05, 0.1) is 16.6 Å². The van der Waals surface area contributed by atoms with Crippen LogP contribution < -0.4 is 11.5 Å². The molecule has 0 fully saturated rings. The summed E-state index contributed by atoms with van der Waals surface area (Å²) in [5.41, 5.74) is 12.1. The minimum Gasteiger partial charge on any atom is -0.508 e. The molecule has 0 spiro atoms. The molecule has 0 bridgehead atoms. The smallest absolute Gasteiger partial charge is 0.416 e. The van der Waals surface area contributed by atoms with Crippen LogP contribution in [0, 0.1) is 5.82 Å². The Balaban J connectivity index is 0.000000202. The molecule has 0 aliphatic rings. The van der Waals surface area contributed by atoms with Crippen LogP contribution in [0.2, 0.25) is 5.02 Å². The van der Waals surface area contributed by atoms with E-state index in [2.05, 4.69) is 10.3 Å². The molecular formula is C43H31ClF7N5O4. The predicted octanol–water partition coefficient (Wildman–Crippen LogP) is 11.0. The summed E-state index contributed by atoms with van der Waals surface area (Å²) in [7, 11) is 1.83. The van der Waals surface area contributed by atoms with Crippen molar-refractivity contribution in [3.63, 3.8) is 0 Å². The van der Waals surface area contributed by atoms with Crippen molar-refractivity contribution in [3.8, 4) is 56.0 Å². The maximum absolute atomic E-state index is 13.9. The van der Waals surface area contributed by atoms with Crippen molar-refractivity contribution in [3.05, 3.63) is 155 Å². The molecule has 0 saturated carbocycles. The van der Waals surface area contributed by atoms with E-state index >= 15 is 0 Å². The number of aromatic hydroxyl groups is 2. The first-order chi connectivity index (χ1) is 28.3. The number of nitrogens with two attached hydrogens (primary N) is 2. The fourth-order valence-corrected chi connectivity index (χ4v) is 6.90. The number of oxime groups is 2. The average Bonchev–Trinajstić information content (AvgIpc) is 3.61. The Bertz CT molecular complexity index is 2780. The van der Waals surface area contributed by atoms with Gasteiger partial charge in [-0.1, -0.05) is 64.4 Å². The van der Waals surface area contributed by atoms with Crippen LogP contribution in [0.1, 0.15) is 22.3 Å². The van der Waals surface area contributed by atoms with Crippen LogP contribution in [0.15, 0.2) is 132 Å². The Labute approximate surface area is 341 Å². The molecule has 17 heteroatoms. The standard InChI is InChI=1S/C23H18F3N3O2.C20H13ClF4N2O2/c1-29-10-9-14-3-2-4-17(21(14)29)20-18(13-5-7-16(30)8-6-13)11-15(23(24,25)26)12-19(20)22(27)28-31;21-17-6-3-12(22)9-15(17)18-14(10-1-4-13(28)5-2-10)7-11(20(23,24)25)8-16(18)19(26)27-29/h2-12,30-31H,1H3,(H2,27,28);1-9,28-29H,(H2,26,27). The number of hydrogen-bond donors (Lipinski definition) is 6. The van der Waals surface area contributed by atoms with E-state index in [0.29, 0.717) is 22.8 Å². The molecule has 0 radical (unpaired) electrons. The van der Waals surface area contributed by atoms with E-state index in [1.54, 1.807) is 12.1 Å². The molecule has 7 aromatic rings. The Morgan fingerprint density at radius 3 is 1.52 bits per heavy atom. The highest BCUT2D eigenvalue weighted by Crippen LogP contribution is 2.45. The van der Waals surface area contributed by atoms with Crippen molar-refractivity contribution in [2.45, 2.75) is 12.4 Å². The number of benzene rings is 6. The minimum absolute atomic E-state index is 0.00826. The number of rotatable bonds is 6. The summed E-state index contributed by atoms with van der Waals surface area (Å²) in [5, 5.41) is 44.4. The van der Waals surface area contributed by atoms with Crippen molar-refractivity contribution in [1.29, 1.82) is 0 Å². The van der Waals surface area contributed by atoms with Crippen LogP contribution in [0.5, 0.6) is 11.5 Å². The van der Waals surface area contributed by atoms with Crippen LogP contribution in [0.3, 0.4) is 0 Å². The van der Waals surface area contributed by atoms with E-state index in [1.807, 2.05) is 29.9 Å². The molecule has 8 N–H and O–H groups in total. The second kappa shape index (κ2) is 16.6. The van der Waals surface area contributed by atoms with E-state index in [4.69, 9.17) is 28.3 Å². The number of aryl methyl sites for hydroxylation is 1. The fourth-order valence-electron chi connectivity index (χ4n) is 6.69. The third-order valence-corrected chi connectivity index (χ3v) is 9.75. The highest BCUT2D eigenvalue weighted by Gasteiger charge is 2.35. The second-order valence-corrected chi connectivity index (χ2v) is 13.7. The van der Waals surface area contributed by atoms with E-state index in [1.165, 1.54) is 54.6 Å². The largest absolute Gasteiger partial charge is 0.508 e. The Hall–Kier alpha value is -7.20. The van der Waals surface area contributed by atoms with Gasteiger partial charge in [0.2, 0.25) is 0 Å². The van der Waals surface area contributed by atoms with Crippen molar-refractivity contribution in [2.24, 2.45) is 28.8 Å². The lowest BCUT2D eigenvalue weighted by Crippen LogP contribution is -2.17. The summed E-state index contributed by atoms with van der Waals surface area (Å²) in [5.74, 6) is -1.83. The summed E-state index contributed by atoms with van der Waals surface area (Å²) in [6.45, 7) is 0. The number of halogens is 8. The van der Waals surface area contributed by atoms with Crippen molar-refractivity contribution < 1.29 is 51.4 Å². The molecular weight excluding hydrogens is 819 g/mol. The minimum atomic E-state index is -4.74. The van der Waals surface area contributed by atoms with Crippen LogP contribution >= 0.6 is 11.6 Å². The average molecular weight is 850 g/mol. The van der Waals surface area contributed by atoms with Gasteiger partial charge in [-0.15, -0.1) is 0 Å². The maximum Gasteiger partial charge on any atom is 0.416 e. The van der Waals surface area contributed by atoms with Gasteiger partial charge in [0, 0.05) is 57.0 Å². The third kappa shape index (κ3) is 8.63. The lowest BCUT2D eigenvalue weighted by atomic mass is 9.87. The van der Waals surface area contributed by atoms with Gasteiger partial charge in [-0.2, -0.15) is 26.3 Å². The molecule has 0 aliphatic carbocycles. The van der Waals surface area contributed by atoms with Gasteiger partial charge in [0.15, 0.2) is 11.7 Å². The molecule has 0 unspecified atom stereocenters. The molecule has 7 rings (SSSR count). The van der Waals surface area contributed by atoms with Crippen LogP contribution in [-0.4, -0.2) is 36.9 Å². The molecule has 0 aliphatic heterocycles. The fraction of sp³-hybridized carbons (Fsp3) is 0.0698. The third-order valence-electron chi connectivity index (χ3n) is 9.42. The quantitative estimate of drug-likeness (QED) is 0.0321. The second-order valence-electron chi connectivity index (χ2n) is 13.2. The van der Waals surface area contributed by atoms with Crippen molar-refractivity contribution in [2.75, 3.05) is 0 Å². The Morgan fingerprint density at radius 2 is 1.07 bits per heavy atom. The predicted molar refractivity (Wildman–Crippen MR) is 214 cm³/mol. The highest BCUT2D eigenvalue weighted by molar-refractivity contribution is 6.34. The van der Waals surface area contributed by atoms with E-state index in [0.717, 1.165) is 41.2 Å². The topological polar surface area (TPSA) is 163 Å². The number of phenolic OH excluding ortho intramolecular Hbond substituents is 2. The highest BCUT2D eigenvalue weighted by atomic mass is 35.5. The van der Waals surface area contributed by atoms with Crippen molar-refractivity contribution >= 4 is 34.2 Å². The molecule has 1 aromatic heterocycles. The van der Waals surface area contributed by atoms with Gasteiger partial charge in [-0.3, -0.25) is 0 Å². The molecule has 6 aromatic carbocycles. The number of alkyl halides is 6. The lowest BCUT2D eigenvalue weighted by Gasteiger charge is -2.20. The van der Waals surface area contributed by atoms with Gasteiger partial charge in [-0.05, 0) is 95.1 Å². The number of para-hydroxylation sites is 1. The Morgan fingerprint density at radius 1 is 0.600 bits per heavy atom. The Kier molecular flexibility index (Phi) is 11.7. The monoisotopic (exact) mass is 849 g/mol. The zero-order valence-electron chi connectivity index (χ0n) is 30.9. The summed E-state index contributed by atoms with van der Waals surface area (Å²) in [6, 6.07) is 25.4. The number of amidine groups is 2. The summed E-state index contributed by atoms with van der Waals surface area (Å²) in [6.07, 6.45) is -7.53. The lowest BCUT2D eigenvalue weighted by molar-refractivity contribution is -0.138. The molecule has 0 saturated heterocycles. The summed E-state index contributed by atoms with van der Waals surface area (Å²) >= 11 is 6.19. The van der Waals surface area contributed by atoms with E-state index < -0.39 is 41.0 Å². The first kappa shape index (κ1) is 42.4. The molecule has 1 heterocycles. The SMILES string of the molecule is Cn1ccc2cccc(-c3c(C(N)=NO)cc(C(F)(F)F)cc3-c3ccc(O)cc3)c21.NC(=NO)c1cc(C(F)(F)F)cc(-c2ccc(O)cc2)c1-c1cc(F)ccc1Cl. The van der Waals surface area contributed by atoms with Gasteiger partial charge >= 0.3 is 12.4 Å². The first-order valence-corrected chi connectivity index (χ1v) is 17.7. The number of hydrogen-bond acceptors (Lipinski definition) is 6. The summed E-state index contributed by atoms with van der Waals surface area (Å²) < 4.78 is 97.4. The van der Waals surface area contributed by atoms with E-state index in [9.17, 15) is 46.2 Å². The van der Waals surface area contributed by atoms with E-state index in [-0.39, 0.29) is 55.5 Å². The molecule has 0 amide bonds. The van der Waals surface area contributed by atoms with Gasteiger partial charge in [-0.25, -0.2) is 4.39 Å². The normalized spacial score (nSPS) is 12.3.